The fourth-order valence-electron chi connectivity index (χ4n) is 2.10. The molecule has 1 amide bonds. The second kappa shape index (κ2) is 6.89. The molecule has 0 saturated carbocycles. The van der Waals surface area contributed by atoms with E-state index in [9.17, 15) is 14.9 Å². The molecule has 1 heterocycles. The van der Waals surface area contributed by atoms with Gasteiger partial charge in [0.25, 0.3) is 5.69 Å². The SMILES string of the molecule is Nc1cc([N+](=O)[O-])ccc1NCCC(=O)N1CCOCC1. The summed E-state index contributed by atoms with van der Waals surface area (Å²) in [4.78, 5) is 23.8. The molecule has 0 unspecified atom stereocenters. The van der Waals surface area contributed by atoms with Crippen LogP contribution in [0, 0.1) is 10.1 Å². The quantitative estimate of drug-likeness (QED) is 0.473. The van der Waals surface area contributed by atoms with Crippen LogP contribution in [0.4, 0.5) is 17.1 Å². The first-order valence-corrected chi connectivity index (χ1v) is 6.71. The Bertz CT molecular complexity index is 529. The molecule has 21 heavy (non-hydrogen) atoms. The number of amides is 1. The van der Waals surface area contributed by atoms with E-state index in [0.717, 1.165) is 0 Å². The van der Waals surface area contributed by atoms with E-state index < -0.39 is 4.92 Å². The van der Waals surface area contributed by atoms with Crippen LogP contribution in [0.1, 0.15) is 6.42 Å². The minimum Gasteiger partial charge on any atom is -0.397 e. The summed E-state index contributed by atoms with van der Waals surface area (Å²) in [5.41, 5.74) is 6.57. The highest BCUT2D eigenvalue weighted by molar-refractivity contribution is 5.77. The van der Waals surface area contributed by atoms with Gasteiger partial charge in [-0.25, -0.2) is 0 Å². The normalized spacial score (nSPS) is 14.8. The molecule has 0 spiro atoms. The van der Waals surface area contributed by atoms with Crippen LogP contribution in [0.2, 0.25) is 0 Å². The Kier molecular flexibility index (Phi) is 4.94. The van der Waals surface area contributed by atoms with Crippen LogP contribution in [0.15, 0.2) is 18.2 Å². The lowest BCUT2D eigenvalue weighted by Crippen LogP contribution is -2.41. The molecule has 0 aliphatic carbocycles. The van der Waals surface area contributed by atoms with Gasteiger partial charge in [0, 0.05) is 38.2 Å². The number of benzene rings is 1. The van der Waals surface area contributed by atoms with Crippen molar-refractivity contribution >= 4 is 23.0 Å². The second-order valence-corrected chi connectivity index (χ2v) is 4.70. The zero-order valence-corrected chi connectivity index (χ0v) is 11.6. The third-order valence-electron chi connectivity index (χ3n) is 3.26. The summed E-state index contributed by atoms with van der Waals surface area (Å²) in [6, 6.07) is 4.22. The molecule has 8 heteroatoms. The van der Waals surface area contributed by atoms with Crippen LogP contribution in [0.25, 0.3) is 0 Å². The topological polar surface area (TPSA) is 111 Å². The van der Waals surface area contributed by atoms with Gasteiger partial charge < -0.3 is 20.7 Å². The number of anilines is 2. The highest BCUT2D eigenvalue weighted by Crippen LogP contribution is 2.23. The number of hydrogen-bond donors (Lipinski definition) is 2. The van der Waals surface area contributed by atoms with Gasteiger partial charge in [0.1, 0.15) is 0 Å². The van der Waals surface area contributed by atoms with E-state index in [-0.39, 0.29) is 11.6 Å². The summed E-state index contributed by atoms with van der Waals surface area (Å²) in [5.74, 6) is 0.0614. The van der Waals surface area contributed by atoms with Crippen molar-refractivity contribution < 1.29 is 14.5 Å². The van der Waals surface area contributed by atoms with Gasteiger partial charge >= 0.3 is 0 Å². The van der Waals surface area contributed by atoms with Crippen molar-refractivity contribution in [3.63, 3.8) is 0 Å². The van der Waals surface area contributed by atoms with Crippen LogP contribution in [-0.4, -0.2) is 48.6 Å². The highest BCUT2D eigenvalue weighted by atomic mass is 16.6. The Morgan fingerprint density at radius 1 is 1.43 bits per heavy atom. The lowest BCUT2D eigenvalue weighted by Gasteiger charge is -2.27. The monoisotopic (exact) mass is 294 g/mol. The number of nitro benzene ring substituents is 1. The number of ether oxygens (including phenoxy) is 1. The van der Waals surface area contributed by atoms with Gasteiger partial charge in [-0.3, -0.25) is 14.9 Å². The molecule has 0 bridgehead atoms. The molecule has 2 rings (SSSR count). The van der Waals surface area contributed by atoms with Crippen molar-refractivity contribution in [3.8, 4) is 0 Å². The van der Waals surface area contributed by atoms with Crippen molar-refractivity contribution in [3.05, 3.63) is 28.3 Å². The van der Waals surface area contributed by atoms with E-state index in [0.29, 0.717) is 50.6 Å². The molecule has 1 saturated heterocycles. The standard InChI is InChI=1S/C13H18N4O4/c14-11-9-10(17(19)20)1-2-12(11)15-4-3-13(18)16-5-7-21-8-6-16/h1-2,9,15H,3-8,14H2. The van der Waals surface area contributed by atoms with Gasteiger partial charge in [-0.2, -0.15) is 0 Å². The molecule has 3 N–H and O–H groups in total. The molecule has 8 nitrogen and oxygen atoms in total. The predicted octanol–water partition coefficient (Wildman–Crippen LogP) is 0.838. The zero-order chi connectivity index (χ0) is 15.2. The number of nitrogens with two attached hydrogens (primary N) is 1. The van der Waals surface area contributed by atoms with Crippen LogP contribution >= 0.6 is 0 Å². The number of morpholine rings is 1. The molecule has 0 radical (unpaired) electrons. The van der Waals surface area contributed by atoms with Crippen LogP contribution in [-0.2, 0) is 9.53 Å². The Morgan fingerprint density at radius 3 is 2.76 bits per heavy atom. The predicted molar refractivity (Wildman–Crippen MR) is 78.0 cm³/mol. The number of nitrogen functional groups attached to an aromatic ring is 1. The summed E-state index contributed by atoms with van der Waals surface area (Å²) >= 11 is 0. The number of nitrogens with zero attached hydrogens (tertiary/aromatic N) is 2. The first-order chi connectivity index (χ1) is 10.1. The third kappa shape index (κ3) is 4.06. The molecule has 114 valence electrons. The first-order valence-electron chi connectivity index (χ1n) is 6.71. The van der Waals surface area contributed by atoms with Crippen LogP contribution in [0.3, 0.4) is 0 Å². The summed E-state index contributed by atoms with van der Waals surface area (Å²) in [7, 11) is 0. The average molecular weight is 294 g/mol. The smallest absolute Gasteiger partial charge is 0.271 e. The summed E-state index contributed by atoms with van der Waals surface area (Å²) < 4.78 is 5.19. The molecule has 1 aromatic rings. The van der Waals surface area contributed by atoms with Gasteiger partial charge in [-0.15, -0.1) is 0 Å². The van der Waals surface area contributed by atoms with Crippen molar-refractivity contribution in [2.45, 2.75) is 6.42 Å². The largest absolute Gasteiger partial charge is 0.397 e. The van der Waals surface area contributed by atoms with Crippen molar-refractivity contribution in [2.24, 2.45) is 0 Å². The number of nitrogens with one attached hydrogen (secondary N) is 1. The Labute approximate surface area is 122 Å². The summed E-state index contributed by atoms with van der Waals surface area (Å²) in [5, 5.41) is 13.6. The number of nitro groups is 1. The van der Waals surface area contributed by atoms with Gasteiger partial charge in [0.05, 0.1) is 29.5 Å². The van der Waals surface area contributed by atoms with E-state index in [4.69, 9.17) is 10.5 Å². The maximum atomic E-state index is 11.9. The maximum absolute atomic E-state index is 11.9. The second-order valence-electron chi connectivity index (χ2n) is 4.70. The van der Waals surface area contributed by atoms with Crippen molar-refractivity contribution in [1.29, 1.82) is 0 Å². The third-order valence-corrected chi connectivity index (χ3v) is 3.26. The van der Waals surface area contributed by atoms with Gasteiger partial charge in [0.2, 0.25) is 5.91 Å². The van der Waals surface area contributed by atoms with E-state index in [1.165, 1.54) is 12.1 Å². The lowest BCUT2D eigenvalue weighted by molar-refractivity contribution is -0.384. The molecule has 1 aromatic carbocycles. The van der Waals surface area contributed by atoms with Crippen molar-refractivity contribution in [2.75, 3.05) is 43.9 Å². The fraction of sp³-hybridized carbons (Fsp3) is 0.462. The fourth-order valence-corrected chi connectivity index (χ4v) is 2.10. The number of rotatable bonds is 5. The van der Waals surface area contributed by atoms with Gasteiger partial charge in [-0.05, 0) is 6.07 Å². The Hall–Kier alpha value is -2.35. The van der Waals surface area contributed by atoms with Crippen LogP contribution in [0.5, 0.6) is 0 Å². The number of carbonyl (C=O) groups is 1. The summed E-state index contributed by atoms with van der Waals surface area (Å²) in [6.07, 6.45) is 0.344. The molecular weight excluding hydrogens is 276 g/mol. The molecule has 1 aliphatic rings. The highest BCUT2D eigenvalue weighted by Gasteiger charge is 2.16. The maximum Gasteiger partial charge on any atom is 0.271 e. The molecule has 1 fully saturated rings. The van der Waals surface area contributed by atoms with Gasteiger partial charge in [-0.1, -0.05) is 0 Å². The lowest BCUT2D eigenvalue weighted by atomic mass is 10.2. The number of carbonyl (C=O) groups excluding carboxylic acids is 1. The van der Waals surface area contributed by atoms with E-state index in [1.807, 2.05) is 0 Å². The minimum atomic E-state index is -0.498. The molecular formula is C13H18N4O4. The first kappa shape index (κ1) is 15.0. The van der Waals surface area contributed by atoms with Crippen molar-refractivity contribution in [1.82, 2.24) is 4.90 Å². The van der Waals surface area contributed by atoms with Crippen LogP contribution < -0.4 is 11.1 Å². The van der Waals surface area contributed by atoms with E-state index >= 15 is 0 Å². The molecule has 0 aromatic heterocycles. The van der Waals surface area contributed by atoms with Gasteiger partial charge in [0.15, 0.2) is 0 Å². The van der Waals surface area contributed by atoms with E-state index in [2.05, 4.69) is 5.32 Å². The Morgan fingerprint density at radius 2 is 2.14 bits per heavy atom. The Balaban J connectivity index is 1.83. The summed E-state index contributed by atoms with van der Waals surface area (Å²) in [6.45, 7) is 2.83. The minimum absolute atomic E-state index is 0.0533. The van der Waals surface area contributed by atoms with E-state index in [1.54, 1.807) is 11.0 Å². The number of hydrogen-bond acceptors (Lipinski definition) is 6. The number of non-ortho nitro benzene ring substituents is 1. The molecule has 0 atom stereocenters. The molecule has 1 aliphatic heterocycles. The average Bonchev–Trinajstić information content (AvgIpc) is 2.49. The zero-order valence-electron chi connectivity index (χ0n) is 11.6.